The number of rotatable bonds is 2. The summed E-state index contributed by atoms with van der Waals surface area (Å²) in [7, 11) is 2.14. The van der Waals surface area contributed by atoms with E-state index in [1.165, 1.54) is 6.42 Å². The van der Waals surface area contributed by atoms with Crippen LogP contribution >= 0.6 is 0 Å². The molecule has 2 N–H and O–H groups in total. The van der Waals surface area contributed by atoms with Crippen LogP contribution in [0.5, 0.6) is 0 Å². The number of hydrogen-bond acceptors (Lipinski definition) is 3. The maximum atomic E-state index is 12.3. The van der Waals surface area contributed by atoms with Crippen molar-refractivity contribution in [3.8, 4) is 0 Å². The van der Waals surface area contributed by atoms with Crippen LogP contribution in [-0.4, -0.2) is 49.1 Å². The van der Waals surface area contributed by atoms with E-state index >= 15 is 0 Å². The second-order valence-electron chi connectivity index (χ2n) is 6.28. The quantitative estimate of drug-likeness (QED) is 0.771. The summed E-state index contributed by atoms with van der Waals surface area (Å²) < 4.78 is 0. The zero-order valence-corrected chi connectivity index (χ0v) is 11.9. The molecule has 0 aromatic heterocycles. The Kier molecular flexibility index (Phi) is 4.62. The summed E-state index contributed by atoms with van der Waals surface area (Å²) in [6.45, 7) is 6.60. The van der Waals surface area contributed by atoms with Crippen molar-refractivity contribution in [3.63, 3.8) is 0 Å². The van der Waals surface area contributed by atoms with Gasteiger partial charge in [-0.2, -0.15) is 0 Å². The van der Waals surface area contributed by atoms with Gasteiger partial charge in [0.05, 0.1) is 6.04 Å². The van der Waals surface area contributed by atoms with Crippen LogP contribution in [0.1, 0.15) is 39.5 Å². The number of nitrogens with one attached hydrogen (secondary N) is 2. The Hall–Kier alpha value is -0.610. The molecule has 2 saturated heterocycles. The largest absolute Gasteiger partial charge is 0.352 e. The van der Waals surface area contributed by atoms with Crippen LogP contribution in [0.4, 0.5) is 0 Å². The lowest BCUT2D eigenvalue weighted by Gasteiger charge is -2.35. The average molecular weight is 253 g/mol. The first-order chi connectivity index (χ1) is 8.54. The Morgan fingerprint density at radius 2 is 1.89 bits per heavy atom. The van der Waals surface area contributed by atoms with E-state index in [9.17, 15) is 4.79 Å². The molecule has 2 aliphatic rings. The number of likely N-dealkylation sites (tertiary alicyclic amines) is 1. The highest BCUT2D eigenvalue weighted by atomic mass is 16.2. The Balaban J connectivity index is 1.80. The summed E-state index contributed by atoms with van der Waals surface area (Å²) in [5, 5.41) is 6.64. The van der Waals surface area contributed by atoms with Gasteiger partial charge in [0.25, 0.3) is 0 Å². The molecule has 104 valence electrons. The fraction of sp³-hybridized carbons (Fsp3) is 0.929. The van der Waals surface area contributed by atoms with Gasteiger partial charge in [0, 0.05) is 12.1 Å². The van der Waals surface area contributed by atoms with Crippen molar-refractivity contribution in [3.05, 3.63) is 0 Å². The zero-order valence-electron chi connectivity index (χ0n) is 11.9. The maximum absolute atomic E-state index is 12.3. The van der Waals surface area contributed by atoms with Crippen LogP contribution in [0.25, 0.3) is 0 Å². The summed E-state index contributed by atoms with van der Waals surface area (Å²) in [5.41, 5.74) is 0. The zero-order chi connectivity index (χ0) is 13.1. The highest BCUT2D eigenvalue weighted by Gasteiger charge is 2.29. The van der Waals surface area contributed by atoms with Crippen molar-refractivity contribution < 1.29 is 4.79 Å². The van der Waals surface area contributed by atoms with Gasteiger partial charge in [0.15, 0.2) is 0 Å². The minimum atomic E-state index is 0.0170. The van der Waals surface area contributed by atoms with Gasteiger partial charge in [0.2, 0.25) is 5.91 Å². The van der Waals surface area contributed by atoms with E-state index in [1.807, 2.05) is 0 Å². The first-order valence-electron chi connectivity index (χ1n) is 7.29. The molecule has 3 atom stereocenters. The molecule has 0 saturated carbocycles. The molecule has 2 fully saturated rings. The number of amides is 1. The SMILES string of the molecule is CC1CC(C)NC(C(=O)NC2CCN(C)CC2)C1. The number of hydrogen-bond donors (Lipinski definition) is 2. The molecule has 2 aliphatic heterocycles. The molecule has 4 nitrogen and oxygen atoms in total. The summed E-state index contributed by atoms with van der Waals surface area (Å²) in [6.07, 6.45) is 4.32. The normalized spacial score (nSPS) is 35.4. The predicted octanol–water partition coefficient (Wildman–Crippen LogP) is 0.973. The number of carbonyl (C=O) groups excluding carboxylic acids is 1. The molecular weight excluding hydrogens is 226 g/mol. The van der Waals surface area contributed by atoms with Gasteiger partial charge in [-0.15, -0.1) is 0 Å². The number of piperidine rings is 2. The van der Waals surface area contributed by atoms with E-state index in [-0.39, 0.29) is 11.9 Å². The summed E-state index contributed by atoms with van der Waals surface area (Å²) in [4.78, 5) is 14.6. The molecule has 0 spiro atoms. The van der Waals surface area contributed by atoms with Crippen molar-refractivity contribution in [2.45, 2.75) is 57.7 Å². The molecule has 2 rings (SSSR count). The van der Waals surface area contributed by atoms with Crippen LogP contribution in [0.2, 0.25) is 0 Å². The summed E-state index contributed by atoms with van der Waals surface area (Å²) in [6, 6.07) is 0.855. The third kappa shape index (κ3) is 3.69. The molecule has 18 heavy (non-hydrogen) atoms. The van der Waals surface area contributed by atoms with Gasteiger partial charge < -0.3 is 15.5 Å². The van der Waals surface area contributed by atoms with Gasteiger partial charge in [-0.3, -0.25) is 4.79 Å². The van der Waals surface area contributed by atoms with Crippen molar-refractivity contribution in [2.24, 2.45) is 5.92 Å². The van der Waals surface area contributed by atoms with E-state index in [0.717, 1.165) is 32.4 Å². The third-order valence-corrected chi connectivity index (χ3v) is 4.26. The second-order valence-corrected chi connectivity index (χ2v) is 6.28. The molecule has 2 heterocycles. The van der Waals surface area contributed by atoms with E-state index < -0.39 is 0 Å². The van der Waals surface area contributed by atoms with Gasteiger partial charge in [-0.25, -0.2) is 0 Å². The van der Waals surface area contributed by atoms with Crippen molar-refractivity contribution in [1.82, 2.24) is 15.5 Å². The molecule has 0 aliphatic carbocycles. The van der Waals surface area contributed by atoms with Crippen LogP contribution in [0, 0.1) is 5.92 Å². The highest BCUT2D eigenvalue weighted by Crippen LogP contribution is 2.20. The van der Waals surface area contributed by atoms with Crippen molar-refractivity contribution in [2.75, 3.05) is 20.1 Å². The average Bonchev–Trinajstić information content (AvgIpc) is 2.31. The molecule has 0 bridgehead atoms. The third-order valence-electron chi connectivity index (χ3n) is 4.26. The Labute approximate surface area is 110 Å². The van der Waals surface area contributed by atoms with Crippen molar-refractivity contribution in [1.29, 1.82) is 0 Å². The van der Waals surface area contributed by atoms with E-state index in [1.54, 1.807) is 0 Å². The van der Waals surface area contributed by atoms with Gasteiger partial charge in [-0.1, -0.05) is 6.92 Å². The van der Waals surface area contributed by atoms with Crippen molar-refractivity contribution >= 4 is 5.91 Å². The maximum Gasteiger partial charge on any atom is 0.237 e. The van der Waals surface area contributed by atoms with Gasteiger partial charge >= 0.3 is 0 Å². The molecule has 0 aromatic rings. The fourth-order valence-corrected chi connectivity index (χ4v) is 3.22. The lowest BCUT2D eigenvalue weighted by molar-refractivity contribution is -0.125. The lowest BCUT2D eigenvalue weighted by Crippen LogP contribution is -2.55. The first-order valence-corrected chi connectivity index (χ1v) is 7.29. The first kappa shape index (κ1) is 13.8. The molecular formula is C14H27N3O. The Morgan fingerprint density at radius 1 is 1.22 bits per heavy atom. The molecule has 4 heteroatoms. The molecule has 1 amide bonds. The van der Waals surface area contributed by atoms with Crippen LogP contribution in [-0.2, 0) is 4.79 Å². The highest BCUT2D eigenvalue weighted by molar-refractivity contribution is 5.82. The topological polar surface area (TPSA) is 44.4 Å². The van der Waals surface area contributed by atoms with Crippen LogP contribution in [0.3, 0.4) is 0 Å². The summed E-state index contributed by atoms with van der Waals surface area (Å²) in [5.74, 6) is 0.859. The van der Waals surface area contributed by atoms with Crippen LogP contribution < -0.4 is 10.6 Å². The van der Waals surface area contributed by atoms with Gasteiger partial charge in [0.1, 0.15) is 0 Å². The smallest absolute Gasteiger partial charge is 0.237 e. The second kappa shape index (κ2) is 6.02. The minimum absolute atomic E-state index is 0.0170. The molecule has 0 aromatic carbocycles. The Morgan fingerprint density at radius 3 is 2.50 bits per heavy atom. The van der Waals surface area contributed by atoms with Gasteiger partial charge in [-0.05, 0) is 58.7 Å². The van der Waals surface area contributed by atoms with Crippen LogP contribution in [0.15, 0.2) is 0 Å². The summed E-state index contributed by atoms with van der Waals surface area (Å²) >= 11 is 0. The predicted molar refractivity (Wildman–Crippen MR) is 73.4 cm³/mol. The monoisotopic (exact) mass is 253 g/mol. The molecule has 3 unspecified atom stereocenters. The minimum Gasteiger partial charge on any atom is -0.352 e. The number of nitrogens with zero attached hydrogens (tertiary/aromatic N) is 1. The fourth-order valence-electron chi connectivity index (χ4n) is 3.22. The number of carbonyl (C=O) groups is 1. The standard InChI is InChI=1S/C14H27N3O/c1-10-8-11(2)15-13(9-10)14(18)16-12-4-6-17(3)7-5-12/h10-13,15H,4-9H2,1-3H3,(H,16,18). The van der Waals surface area contributed by atoms with E-state index in [4.69, 9.17) is 0 Å². The lowest BCUT2D eigenvalue weighted by atomic mass is 9.89. The van der Waals surface area contributed by atoms with E-state index in [2.05, 4.69) is 36.4 Å². The molecule has 0 radical (unpaired) electrons. The Bertz CT molecular complexity index is 277. The van der Waals surface area contributed by atoms with E-state index in [0.29, 0.717) is 18.0 Å².